The van der Waals surface area contributed by atoms with Gasteiger partial charge in [-0.05, 0) is 0 Å². The van der Waals surface area contributed by atoms with Crippen molar-refractivity contribution in [3.63, 3.8) is 0 Å². The summed E-state index contributed by atoms with van der Waals surface area (Å²) in [5.74, 6) is 0. The molecule has 0 radical (unpaired) electrons. The number of hydrogen-bond acceptors (Lipinski definition) is 1. The number of phosphoric acid groups is 1. The van der Waals surface area contributed by atoms with Gasteiger partial charge in [0.25, 0.3) is 0 Å². The fraction of sp³-hybridized carbons (Fsp3) is 0. The predicted octanol–water partition coefficient (Wildman–Crippen LogP) is -2.76. The summed E-state index contributed by atoms with van der Waals surface area (Å²) in [6.45, 7) is 0. The minimum atomic E-state index is -4.64. The average Bonchev–Trinajstić information content (AvgIpc) is 0.722. The molecule has 0 saturated carbocycles. The Morgan fingerprint density at radius 1 is 1.14 bits per heavy atom. The monoisotopic (exact) mass is 328 g/mol. The molecule has 0 spiro atoms. The molecule has 0 aromatic rings. The van der Waals surface area contributed by atoms with E-state index in [2.05, 4.69) is 0 Å². The van der Waals surface area contributed by atoms with Gasteiger partial charge in [-0.25, -0.2) is 4.57 Å². The van der Waals surface area contributed by atoms with Crippen LogP contribution in [0.25, 0.3) is 0 Å². The van der Waals surface area contributed by atoms with Crippen molar-refractivity contribution >= 4 is 102 Å². The summed E-state index contributed by atoms with van der Waals surface area (Å²) >= 11 is 0. The third-order valence-corrected chi connectivity index (χ3v) is 0. The molecule has 0 fully saturated rings. The van der Waals surface area contributed by atoms with Crippen molar-refractivity contribution in [1.82, 2.24) is 0 Å². The molecule has 7 heteroatoms. The molecule has 0 aliphatic heterocycles. The van der Waals surface area contributed by atoms with Gasteiger partial charge in [0.2, 0.25) is 0 Å². The van der Waals surface area contributed by atoms with E-state index in [4.69, 9.17) is 19.2 Å². The Morgan fingerprint density at radius 2 is 1.14 bits per heavy atom. The first kappa shape index (κ1) is 16.6. The fourth-order valence-electron chi connectivity index (χ4n) is 0. The normalized spacial score (nSPS) is 8.43. The molecule has 0 heterocycles. The Bertz CT molecular complexity index is 57.8. The van der Waals surface area contributed by atoms with Crippen LogP contribution in [0.1, 0.15) is 0 Å². The van der Waals surface area contributed by atoms with Crippen LogP contribution in [0.3, 0.4) is 0 Å². The van der Waals surface area contributed by atoms with Gasteiger partial charge in [0.1, 0.15) is 0 Å². The second-order valence-corrected chi connectivity index (χ2v) is 1.54. The van der Waals surface area contributed by atoms with Crippen molar-refractivity contribution in [2.45, 2.75) is 0 Å². The Kier molecular flexibility index (Phi) is 17.3. The number of rotatable bonds is 0. The van der Waals surface area contributed by atoms with Crippen molar-refractivity contribution in [2.24, 2.45) is 0 Å². The topological polar surface area (TPSA) is 77.8 Å². The van der Waals surface area contributed by atoms with E-state index in [0.29, 0.717) is 0 Å². The van der Waals surface area contributed by atoms with E-state index in [1.807, 2.05) is 0 Å². The Labute approximate surface area is 118 Å². The van der Waals surface area contributed by atoms with E-state index in [1.54, 1.807) is 0 Å². The molecule has 0 unspecified atom stereocenters. The molecule has 4 nitrogen and oxygen atoms in total. The van der Waals surface area contributed by atoms with Crippen molar-refractivity contribution in [3.05, 3.63) is 0 Å². The van der Waals surface area contributed by atoms with Gasteiger partial charge in [-0.1, -0.05) is 0 Å². The molecule has 0 aromatic carbocycles. The molecular weight excluding hydrogens is 320 g/mol. The molecular formula is H7BaO4PSr. The van der Waals surface area contributed by atoms with Gasteiger partial charge in [0.15, 0.2) is 0 Å². The molecule has 0 amide bonds. The molecule has 0 aromatic heterocycles. The van der Waals surface area contributed by atoms with Gasteiger partial charge < -0.3 is 14.7 Å². The summed E-state index contributed by atoms with van der Waals surface area (Å²) in [7, 11) is -4.64. The van der Waals surface area contributed by atoms with Crippen LogP contribution in [-0.4, -0.2) is 109 Å². The van der Waals surface area contributed by atoms with Crippen molar-refractivity contribution in [3.8, 4) is 0 Å². The van der Waals surface area contributed by atoms with E-state index in [9.17, 15) is 0 Å². The second kappa shape index (κ2) is 7.27. The molecule has 40 valence electrons. The molecule has 3 N–H and O–H groups in total. The predicted molar refractivity (Wildman–Crippen MR) is 31.4 cm³/mol. The van der Waals surface area contributed by atoms with E-state index in [-0.39, 0.29) is 94.4 Å². The zero-order chi connectivity index (χ0) is 4.50. The number of hydrogen-bond donors (Lipinski definition) is 3. The van der Waals surface area contributed by atoms with Gasteiger partial charge in [-0.2, -0.15) is 0 Å². The molecule has 0 bridgehead atoms. The fourth-order valence-corrected chi connectivity index (χ4v) is 0. The Balaban J connectivity index is -0.0000000800. The third kappa shape index (κ3) is 47.0. The van der Waals surface area contributed by atoms with E-state index in [0.717, 1.165) is 0 Å². The minimum absolute atomic E-state index is 0. The molecule has 0 atom stereocenters. The Hall–Kier alpha value is 3.16. The first-order valence-corrected chi connectivity index (χ1v) is 2.35. The quantitative estimate of drug-likeness (QED) is 0.333. The standard InChI is InChI=1S/Ba.H3O4P.Sr.4H/c;1-5(2,3)4;;;;;/h;(H3,1,2,3,4);;;;;. The maximum atomic E-state index is 8.88. The maximum absolute atomic E-state index is 8.88. The molecule has 0 aliphatic rings. The van der Waals surface area contributed by atoms with E-state index in [1.165, 1.54) is 0 Å². The van der Waals surface area contributed by atoms with Crippen LogP contribution < -0.4 is 0 Å². The van der Waals surface area contributed by atoms with Crippen molar-refractivity contribution in [1.29, 1.82) is 0 Å². The summed E-state index contributed by atoms with van der Waals surface area (Å²) in [4.78, 5) is 21.6. The summed E-state index contributed by atoms with van der Waals surface area (Å²) in [6.07, 6.45) is 0. The van der Waals surface area contributed by atoms with E-state index < -0.39 is 7.82 Å². The van der Waals surface area contributed by atoms with Crippen LogP contribution in [0.4, 0.5) is 0 Å². The van der Waals surface area contributed by atoms with Crippen LogP contribution in [0.15, 0.2) is 0 Å². The van der Waals surface area contributed by atoms with Crippen molar-refractivity contribution in [2.75, 3.05) is 0 Å². The van der Waals surface area contributed by atoms with Gasteiger partial charge >= 0.3 is 102 Å². The van der Waals surface area contributed by atoms with Gasteiger partial charge in [0, 0.05) is 0 Å². The van der Waals surface area contributed by atoms with Crippen LogP contribution >= 0.6 is 7.82 Å². The van der Waals surface area contributed by atoms with Gasteiger partial charge in [-0.15, -0.1) is 0 Å². The molecule has 0 saturated heterocycles. The second-order valence-electron chi connectivity index (χ2n) is 0.513. The summed E-state index contributed by atoms with van der Waals surface area (Å²) in [5.41, 5.74) is 0. The summed E-state index contributed by atoms with van der Waals surface area (Å²) in [6, 6.07) is 0. The zero-order valence-electron chi connectivity index (χ0n) is 2.20. The van der Waals surface area contributed by atoms with Crippen LogP contribution in [0.2, 0.25) is 0 Å². The summed E-state index contributed by atoms with van der Waals surface area (Å²) in [5, 5.41) is 0. The van der Waals surface area contributed by atoms with E-state index >= 15 is 0 Å². The average molecular weight is 327 g/mol. The summed E-state index contributed by atoms with van der Waals surface area (Å²) < 4.78 is 8.88. The Morgan fingerprint density at radius 3 is 1.14 bits per heavy atom. The molecule has 7 heavy (non-hydrogen) atoms. The first-order valence-electron chi connectivity index (χ1n) is 0.783. The SMILES string of the molecule is O=P(O)(O)O.[BaH2].[SrH2]. The van der Waals surface area contributed by atoms with Crippen LogP contribution in [0.5, 0.6) is 0 Å². The third-order valence-electron chi connectivity index (χ3n) is 0. The van der Waals surface area contributed by atoms with Crippen molar-refractivity contribution < 1.29 is 19.2 Å². The molecule has 0 rings (SSSR count). The first-order chi connectivity index (χ1) is 2.00. The van der Waals surface area contributed by atoms with Gasteiger partial charge in [-0.3, -0.25) is 0 Å². The van der Waals surface area contributed by atoms with Crippen LogP contribution in [-0.2, 0) is 4.57 Å². The molecule has 0 aliphatic carbocycles. The van der Waals surface area contributed by atoms with Crippen LogP contribution in [0, 0.1) is 0 Å². The zero-order valence-corrected chi connectivity index (χ0v) is 3.09. The van der Waals surface area contributed by atoms with Gasteiger partial charge in [0.05, 0.1) is 0 Å².